The van der Waals surface area contributed by atoms with Gasteiger partial charge in [0.05, 0.1) is 16.8 Å². The minimum absolute atomic E-state index is 0.0208. The zero-order valence-electron chi connectivity index (χ0n) is 16.6. The fourth-order valence-electron chi connectivity index (χ4n) is 3.47. The van der Waals surface area contributed by atoms with Crippen LogP contribution in [0.15, 0.2) is 54.6 Å². The average molecular weight is 421 g/mol. The van der Waals surface area contributed by atoms with E-state index in [1.165, 1.54) is 12.1 Å². The van der Waals surface area contributed by atoms with Gasteiger partial charge in [-0.25, -0.2) is 8.78 Å². The molecule has 0 atom stereocenters. The summed E-state index contributed by atoms with van der Waals surface area (Å²) in [5.41, 5.74) is 2.03. The normalized spacial score (nSPS) is 10.8. The molecule has 1 aromatic heterocycles. The largest absolute Gasteiger partial charge is 0.428 e. The molecule has 0 saturated carbocycles. The molecule has 4 rings (SSSR count). The second-order valence-corrected chi connectivity index (χ2v) is 6.92. The first-order valence-corrected chi connectivity index (χ1v) is 9.32. The van der Waals surface area contributed by atoms with Gasteiger partial charge >= 0.3 is 0 Å². The maximum atomic E-state index is 14.8. The molecule has 1 heterocycles. The molecule has 0 aliphatic heterocycles. The number of halogens is 2. The molecular weight excluding hydrogens is 404 g/mol. The number of ether oxygens (including phenoxy) is 1. The van der Waals surface area contributed by atoms with Gasteiger partial charge in [0.25, 0.3) is 12.4 Å². The van der Waals surface area contributed by atoms with Crippen molar-refractivity contribution >= 4 is 29.0 Å². The Bertz CT molecular complexity index is 1310. The van der Waals surface area contributed by atoms with E-state index in [1.807, 2.05) is 26.1 Å². The van der Waals surface area contributed by atoms with Gasteiger partial charge in [0, 0.05) is 12.4 Å². The number of amides is 1. The average Bonchev–Trinajstić information content (AvgIpc) is 3.04. The molecule has 0 unspecified atom stereocenters. The van der Waals surface area contributed by atoms with Gasteiger partial charge < -0.3 is 10.1 Å². The van der Waals surface area contributed by atoms with Crippen LogP contribution >= 0.6 is 0 Å². The molecule has 6 nitrogen and oxygen atoms in total. The lowest BCUT2D eigenvalue weighted by Crippen LogP contribution is -2.15. The highest BCUT2D eigenvalue weighted by Gasteiger charge is 2.19. The van der Waals surface area contributed by atoms with Crippen molar-refractivity contribution < 1.29 is 23.1 Å². The molecule has 1 N–H and O–H groups in total. The van der Waals surface area contributed by atoms with Crippen LogP contribution in [0, 0.1) is 18.6 Å². The first-order valence-electron chi connectivity index (χ1n) is 9.32. The van der Waals surface area contributed by atoms with Gasteiger partial charge in [-0.15, -0.1) is 0 Å². The van der Waals surface area contributed by atoms with E-state index in [4.69, 9.17) is 4.74 Å². The van der Waals surface area contributed by atoms with Crippen molar-refractivity contribution in [3.63, 3.8) is 0 Å². The van der Waals surface area contributed by atoms with Gasteiger partial charge in [0.15, 0.2) is 0 Å². The fraction of sp³-hybridized carbons (Fsp3) is 0.0870. The van der Waals surface area contributed by atoms with Crippen molar-refractivity contribution in [3.8, 4) is 16.9 Å². The number of hydrogen-bond acceptors (Lipinski definition) is 4. The highest BCUT2D eigenvalue weighted by molar-refractivity contribution is 6.06. The third-order valence-electron chi connectivity index (χ3n) is 4.96. The second-order valence-electron chi connectivity index (χ2n) is 6.92. The highest BCUT2D eigenvalue weighted by atomic mass is 19.1. The Morgan fingerprint density at radius 2 is 1.77 bits per heavy atom. The molecule has 4 aromatic rings. The maximum Gasteiger partial charge on any atom is 0.298 e. The molecule has 156 valence electrons. The minimum Gasteiger partial charge on any atom is -0.428 e. The molecule has 0 spiro atoms. The lowest BCUT2D eigenvalue weighted by molar-refractivity contribution is -0.120. The SMILES string of the molecule is Cc1nn(C)c2ccc(-c3cc(F)c(NC(=O)c4ccccc4OC=O)c(F)c3)cc12. The van der Waals surface area contributed by atoms with Crippen molar-refractivity contribution in [1.82, 2.24) is 9.78 Å². The molecule has 0 aliphatic rings. The predicted octanol–water partition coefficient (Wildman–Crippen LogP) is 4.61. The molecule has 0 radical (unpaired) electrons. The van der Waals surface area contributed by atoms with Crippen molar-refractivity contribution in [2.24, 2.45) is 7.05 Å². The standard InChI is InChI=1S/C23H17F2N3O3/c1-13-17-9-14(7-8-20(17)28(2)27-13)15-10-18(24)22(19(25)11-15)26-23(30)16-5-3-4-6-21(16)31-12-29/h3-12H,1-2H3,(H,26,30). The number of rotatable bonds is 5. The fourth-order valence-corrected chi connectivity index (χ4v) is 3.47. The monoisotopic (exact) mass is 421 g/mol. The number of aromatic nitrogens is 2. The summed E-state index contributed by atoms with van der Waals surface area (Å²) in [6.45, 7) is 2.03. The number of aryl methyl sites for hydroxylation is 2. The lowest BCUT2D eigenvalue weighted by Gasteiger charge is -2.12. The summed E-state index contributed by atoms with van der Waals surface area (Å²) < 4.78 is 36.0. The number of fused-ring (bicyclic) bond motifs is 1. The third kappa shape index (κ3) is 3.75. The van der Waals surface area contributed by atoms with Crippen LogP contribution in [0.5, 0.6) is 5.75 Å². The van der Waals surface area contributed by atoms with E-state index in [-0.39, 0.29) is 17.8 Å². The molecule has 0 aliphatic carbocycles. The quantitative estimate of drug-likeness (QED) is 0.478. The van der Waals surface area contributed by atoms with Gasteiger partial charge in [-0.2, -0.15) is 5.10 Å². The Morgan fingerprint density at radius 3 is 2.48 bits per heavy atom. The first-order chi connectivity index (χ1) is 14.9. The Morgan fingerprint density at radius 1 is 1.06 bits per heavy atom. The molecule has 0 saturated heterocycles. The van der Waals surface area contributed by atoms with E-state index in [1.54, 1.807) is 22.9 Å². The van der Waals surface area contributed by atoms with Crippen molar-refractivity contribution in [1.29, 1.82) is 0 Å². The van der Waals surface area contributed by atoms with Gasteiger partial charge in [-0.05, 0) is 54.4 Å². The number of nitrogens with one attached hydrogen (secondary N) is 1. The Labute approximate surface area is 176 Å². The lowest BCUT2D eigenvalue weighted by atomic mass is 10.0. The molecule has 31 heavy (non-hydrogen) atoms. The van der Waals surface area contributed by atoms with E-state index < -0.39 is 23.2 Å². The number of carbonyl (C=O) groups is 2. The Kier molecular flexibility index (Phi) is 5.21. The van der Waals surface area contributed by atoms with Crippen LogP contribution in [-0.2, 0) is 11.8 Å². The predicted molar refractivity (Wildman–Crippen MR) is 112 cm³/mol. The van der Waals surface area contributed by atoms with Crippen LogP contribution < -0.4 is 10.1 Å². The zero-order valence-corrected chi connectivity index (χ0v) is 16.6. The molecule has 8 heteroatoms. The summed E-state index contributed by atoms with van der Waals surface area (Å²) in [6.07, 6.45) is 0. The number of nitrogens with zero attached hydrogens (tertiary/aromatic N) is 2. The van der Waals surface area contributed by atoms with Crippen LogP contribution in [0.4, 0.5) is 14.5 Å². The van der Waals surface area contributed by atoms with Crippen LogP contribution in [0.25, 0.3) is 22.0 Å². The molecule has 3 aromatic carbocycles. The summed E-state index contributed by atoms with van der Waals surface area (Å²) in [6, 6.07) is 13.6. The number of benzene rings is 3. The van der Waals surface area contributed by atoms with E-state index >= 15 is 0 Å². The number of hydrogen-bond donors (Lipinski definition) is 1. The van der Waals surface area contributed by atoms with E-state index in [0.29, 0.717) is 11.1 Å². The van der Waals surface area contributed by atoms with E-state index in [0.717, 1.165) is 28.7 Å². The molecule has 1 amide bonds. The van der Waals surface area contributed by atoms with Gasteiger partial charge in [0.2, 0.25) is 0 Å². The Balaban J connectivity index is 1.67. The number of para-hydroxylation sites is 1. The summed E-state index contributed by atoms with van der Waals surface area (Å²) in [5.74, 6) is -2.69. The van der Waals surface area contributed by atoms with Crippen molar-refractivity contribution in [2.45, 2.75) is 6.92 Å². The number of carbonyl (C=O) groups excluding carboxylic acids is 2. The summed E-state index contributed by atoms with van der Waals surface area (Å²) in [5, 5.41) is 7.44. The highest BCUT2D eigenvalue weighted by Crippen LogP contribution is 2.31. The Hall–Kier alpha value is -4.07. The van der Waals surface area contributed by atoms with E-state index in [9.17, 15) is 18.4 Å². The van der Waals surface area contributed by atoms with Crippen LogP contribution in [0.3, 0.4) is 0 Å². The summed E-state index contributed by atoms with van der Waals surface area (Å²) in [7, 11) is 1.82. The van der Waals surface area contributed by atoms with Gasteiger partial charge in [-0.1, -0.05) is 18.2 Å². The first kappa shape index (κ1) is 20.2. The van der Waals surface area contributed by atoms with Crippen molar-refractivity contribution in [2.75, 3.05) is 5.32 Å². The van der Waals surface area contributed by atoms with Crippen molar-refractivity contribution in [3.05, 3.63) is 77.5 Å². The number of anilines is 1. The summed E-state index contributed by atoms with van der Waals surface area (Å²) >= 11 is 0. The molecular formula is C23H17F2N3O3. The maximum absolute atomic E-state index is 14.8. The zero-order chi connectivity index (χ0) is 22.1. The smallest absolute Gasteiger partial charge is 0.298 e. The second kappa shape index (κ2) is 7.98. The molecule has 0 bridgehead atoms. The minimum atomic E-state index is -0.930. The third-order valence-corrected chi connectivity index (χ3v) is 4.96. The van der Waals surface area contributed by atoms with E-state index in [2.05, 4.69) is 10.4 Å². The van der Waals surface area contributed by atoms with Gasteiger partial charge in [-0.3, -0.25) is 14.3 Å². The van der Waals surface area contributed by atoms with Crippen LogP contribution in [-0.4, -0.2) is 22.2 Å². The van der Waals surface area contributed by atoms with Crippen LogP contribution in [0.2, 0.25) is 0 Å². The summed E-state index contributed by atoms with van der Waals surface area (Å²) in [4.78, 5) is 23.1. The topological polar surface area (TPSA) is 73.2 Å². The van der Waals surface area contributed by atoms with Crippen LogP contribution in [0.1, 0.15) is 16.1 Å². The molecule has 0 fully saturated rings. The van der Waals surface area contributed by atoms with Gasteiger partial charge in [0.1, 0.15) is 23.1 Å².